The molecule has 5 unspecified atom stereocenters. The van der Waals surface area contributed by atoms with E-state index in [1.54, 1.807) is 6.92 Å². The van der Waals surface area contributed by atoms with Crippen LogP contribution in [0.4, 0.5) is 0 Å². The molecule has 0 spiro atoms. The largest absolute Gasteiger partial charge is 0.505 e. The van der Waals surface area contributed by atoms with E-state index in [0.717, 1.165) is 0 Å². The molecule has 2 N–H and O–H groups in total. The standard InChI is InChI=1S/C10H18O6Si/c1-5(2)17-14-6(3)9(11)7(15-17)4-8(16-17)10(12)13/h5-9,11H,4H2,1-3H3,(H,12,13). The number of carboxylic acids is 1. The van der Waals surface area contributed by atoms with E-state index >= 15 is 0 Å². The first kappa shape index (κ1) is 13.0. The first-order chi connectivity index (χ1) is 7.85. The van der Waals surface area contributed by atoms with Crippen molar-refractivity contribution >= 4 is 14.8 Å². The summed E-state index contributed by atoms with van der Waals surface area (Å²) in [6, 6.07) is 0. The Balaban J connectivity index is 2.27. The molecule has 0 aliphatic carbocycles. The average Bonchev–Trinajstić information content (AvgIpc) is 2.25. The lowest BCUT2D eigenvalue weighted by atomic mass is 10.0. The van der Waals surface area contributed by atoms with Gasteiger partial charge in [0.25, 0.3) is 0 Å². The van der Waals surface area contributed by atoms with E-state index in [2.05, 4.69) is 0 Å². The van der Waals surface area contributed by atoms with Gasteiger partial charge in [0.15, 0.2) is 0 Å². The molecule has 2 aliphatic heterocycles. The zero-order chi connectivity index (χ0) is 12.8. The molecule has 98 valence electrons. The first-order valence-corrected chi connectivity index (χ1v) is 7.60. The number of aliphatic hydroxyl groups excluding tert-OH is 1. The molecule has 5 atom stereocenters. The van der Waals surface area contributed by atoms with Gasteiger partial charge in [-0.25, -0.2) is 4.79 Å². The van der Waals surface area contributed by atoms with E-state index in [1.807, 2.05) is 13.8 Å². The number of hydrogen-bond acceptors (Lipinski definition) is 5. The van der Waals surface area contributed by atoms with Gasteiger partial charge in [-0.3, -0.25) is 0 Å². The fourth-order valence-corrected chi connectivity index (χ4v) is 5.09. The Kier molecular flexibility index (Phi) is 3.30. The Hall–Kier alpha value is -0.473. The van der Waals surface area contributed by atoms with Crippen LogP contribution in [0.3, 0.4) is 0 Å². The molecule has 0 aromatic heterocycles. The van der Waals surface area contributed by atoms with Crippen molar-refractivity contribution in [3.05, 3.63) is 0 Å². The van der Waals surface area contributed by atoms with Crippen LogP contribution in [0, 0.1) is 0 Å². The normalized spacial score (nSPS) is 45.9. The van der Waals surface area contributed by atoms with E-state index in [-0.39, 0.29) is 18.1 Å². The highest BCUT2D eigenvalue weighted by molar-refractivity contribution is 6.62. The van der Waals surface area contributed by atoms with Crippen LogP contribution < -0.4 is 0 Å². The summed E-state index contributed by atoms with van der Waals surface area (Å²) in [5.41, 5.74) is -0.0258. The molecule has 2 bridgehead atoms. The van der Waals surface area contributed by atoms with Gasteiger partial charge in [-0.05, 0) is 6.92 Å². The van der Waals surface area contributed by atoms with Gasteiger partial charge in [-0.1, -0.05) is 13.8 Å². The highest BCUT2D eigenvalue weighted by atomic mass is 28.4. The molecular weight excluding hydrogens is 244 g/mol. The van der Waals surface area contributed by atoms with Crippen LogP contribution in [0.2, 0.25) is 5.54 Å². The number of carbonyl (C=O) groups is 1. The molecule has 0 radical (unpaired) electrons. The van der Waals surface area contributed by atoms with Crippen molar-refractivity contribution in [3.8, 4) is 0 Å². The summed E-state index contributed by atoms with van der Waals surface area (Å²) in [6.07, 6.45) is -2.43. The number of hydrogen-bond donors (Lipinski definition) is 2. The SMILES string of the molecule is CC1O[Si]2(C(C)C)OC(C(=O)O)CC(O2)C1O. The van der Waals surface area contributed by atoms with Crippen LogP contribution in [0.25, 0.3) is 0 Å². The van der Waals surface area contributed by atoms with Crippen molar-refractivity contribution in [2.75, 3.05) is 0 Å². The van der Waals surface area contributed by atoms with Gasteiger partial charge in [0.1, 0.15) is 12.2 Å². The maximum atomic E-state index is 11.0. The van der Waals surface area contributed by atoms with Gasteiger partial charge in [0.2, 0.25) is 0 Å². The van der Waals surface area contributed by atoms with E-state index in [4.69, 9.17) is 18.4 Å². The zero-order valence-corrected chi connectivity index (χ0v) is 11.1. The van der Waals surface area contributed by atoms with Crippen molar-refractivity contribution in [3.63, 3.8) is 0 Å². The molecule has 2 fully saturated rings. The average molecular weight is 262 g/mol. The van der Waals surface area contributed by atoms with Gasteiger partial charge < -0.3 is 23.5 Å². The number of aliphatic hydroxyl groups is 1. The quantitative estimate of drug-likeness (QED) is 0.700. The van der Waals surface area contributed by atoms with E-state index in [0.29, 0.717) is 0 Å². The van der Waals surface area contributed by atoms with Crippen LogP contribution in [0.15, 0.2) is 0 Å². The van der Waals surface area contributed by atoms with Gasteiger partial charge in [-0.2, -0.15) is 0 Å². The summed E-state index contributed by atoms with van der Waals surface area (Å²) < 4.78 is 17.0. The van der Waals surface area contributed by atoms with Crippen LogP contribution in [0.5, 0.6) is 0 Å². The molecule has 0 aromatic carbocycles. The molecule has 7 heteroatoms. The van der Waals surface area contributed by atoms with E-state index < -0.39 is 33.1 Å². The lowest BCUT2D eigenvalue weighted by molar-refractivity contribution is -0.188. The fraction of sp³-hybridized carbons (Fsp3) is 0.900. The Morgan fingerprint density at radius 3 is 2.53 bits per heavy atom. The second kappa shape index (κ2) is 4.32. The molecule has 0 saturated carbocycles. The number of rotatable bonds is 2. The van der Waals surface area contributed by atoms with Crippen molar-refractivity contribution in [1.29, 1.82) is 0 Å². The van der Waals surface area contributed by atoms with Gasteiger partial charge in [-0.15, -0.1) is 0 Å². The molecule has 2 saturated heterocycles. The van der Waals surface area contributed by atoms with Crippen LogP contribution in [-0.2, 0) is 18.1 Å². The summed E-state index contributed by atoms with van der Waals surface area (Å²) in [4.78, 5) is 11.0. The molecule has 2 rings (SSSR count). The molecule has 6 nitrogen and oxygen atoms in total. The minimum absolute atomic E-state index is 0.0258. The van der Waals surface area contributed by atoms with E-state index in [1.165, 1.54) is 0 Å². The Labute approximate surface area is 101 Å². The number of fused-ring (bicyclic) bond motifs is 2. The Morgan fingerprint density at radius 2 is 2.00 bits per heavy atom. The number of aliphatic carboxylic acids is 1. The smallest absolute Gasteiger partial charge is 0.479 e. The minimum atomic E-state index is -2.98. The third-order valence-electron chi connectivity index (χ3n) is 3.26. The molecule has 0 amide bonds. The first-order valence-electron chi connectivity index (χ1n) is 5.80. The zero-order valence-electron chi connectivity index (χ0n) is 10.1. The molecule has 2 heterocycles. The second-order valence-corrected chi connectivity index (χ2v) is 7.98. The Bertz CT molecular complexity index is 318. The van der Waals surface area contributed by atoms with Crippen molar-refractivity contribution in [1.82, 2.24) is 0 Å². The lowest BCUT2D eigenvalue weighted by Crippen LogP contribution is -2.68. The second-order valence-electron chi connectivity index (χ2n) is 4.91. The molecule has 2 aliphatic rings. The third-order valence-corrected chi connectivity index (χ3v) is 6.62. The summed E-state index contributed by atoms with van der Waals surface area (Å²) in [6.45, 7) is 5.53. The fourth-order valence-electron chi connectivity index (χ4n) is 2.20. The summed E-state index contributed by atoms with van der Waals surface area (Å²) in [7, 11) is -2.98. The Morgan fingerprint density at radius 1 is 1.35 bits per heavy atom. The van der Waals surface area contributed by atoms with Crippen molar-refractivity contribution < 1.29 is 28.3 Å². The monoisotopic (exact) mass is 262 g/mol. The van der Waals surface area contributed by atoms with Gasteiger partial charge >= 0.3 is 14.8 Å². The predicted molar refractivity (Wildman–Crippen MR) is 59.4 cm³/mol. The molecule has 0 aromatic rings. The van der Waals surface area contributed by atoms with Crippen molar-refractivity contribution in [2.24, 2.45) is 0 Å². The summed E-state index contributed by atoms with van der Waals surface area (Å²) in [5.74, 6) is -1.03. The lowest BCUT2D eigenvalue weighted by Gasteiger charge is -2.50. The van der Waals surface area contributed by atoms with Crippen LogP contribution >= 0.6 is 0 Å². The van der Waals surface area contributed by atoms with E-state index in [9.17, 15) is 9.90 Å². The van der Waals surface area contributed by atoms with Crippen LogP contribution in [0.1, 0.15) is 27.2 Å². The third kappa shape index (κ3) is 2.13. The number of carboxylic acid groups (broad SMARTS) is 1. The highest BCUT2D eigenvalue weighted by Gasteiger charge is 2.60. The molecule has 17 heavy (non-hydrogen) atoms. The van der Waals surface area contributed by atoms with Crippen LogP contribution in [-0.4, -0.2) is 49.4 Å². The topological polar surface area (TPSA) is 85.2 Å². The maximum Gasteiger partial charge on any atom is 0.505 e. The van der Waals surface area contributed by atoms with Gasteiger partial charge in [0, 0.05) is 12.0 Å². The van der Waals surface area contributed by atoms with Crippen molar-refractivity contribution in [2.45, 2.75) is 57.1 Å². The molecular formula is C10H18O6Si. The predicted octanol–water partition coefficient (Wildman–Crippen LogP) is 0.374. The highest BCUT2D eigenvalue weighted by Crippen LogP contribution is 2.40. The summed E-state index contributed by atoms with van der Waals surface area (Å²) in [5, 5.41) is 19.0. The van der Waals surface area contributed by atoms with Gasteiger partial charge in [0.05, 0.1) is 12.2 Å². The minimum Gasteiger partial charge on any atom is -0.479 e. The summed E-state index contributed by atoms with van der Waals surface area (Å²) >= 11 is 0. The maximum absolute atomic E-state index is 11.0.